The molecule has 42 heavy (non-hydrogen) atoms. The lowest BCUT2D eigenvalue weighted by molar-refractivity contribution is -0.130. The monoisotopic (exact) mass is 595 g/mol. The van der Waals surface area contributed by atoms with E-state index < -0.39 is 5.92 Å². The molecular weight excluding hydrogens is 542 g/mol. The Labute approximate surface area is 257 Å². The lowest BCUT2D eigenvalue weighted by atomic mass is 9.80. The lowest BCUT2D eigenvalue weighted by Gasteiger charge is -2.35. The van der Waals surface area contributed by atoms with Gasteiger partial charge in [0.1, 0.15) is 11.6 Å². The number of aromatic nitrogens is 1. The van der Waals surface area contributed by atoms with Crippen LogP contribution in [0.2, 0.25) is 0 Å². The van der Waals surface area contributed by atoms with E-state index in [4.69, 9.17) is 4.98 Å². The van der Waals surface area contributed by atoms with Crippen LogP contribution in [-0.4, -0.2) is 52.5 Å². The van der Waals surface area contributed by atoms with E-state index in [2.05, 4.69) is 56.1 Å². The minimum atomic E-state index is -0.440. The molecule has 2 aliphatic rings. The summed E-state index contributed by atoms with van der Waals surface area (Å²) < 4.78 is 1.13. The highest BCUT2D eigenvalue weighted by molar-refractivity contribution is 7.18. The third-order valence-electron chi connectivity index (χ3n) is 9.75. The molecule has 1 N–H and O–H groups in total. The molecule has 1 aromatic heterocycles. The first-order chi connectivity index (χ1) is 20.1. The van der Waals surface area contributed by atoms with Gasteiger partial charge in [0.05, 0.1) is 21.1 Å². The van der Waals surface area contributed by atoms with E-state index in [9.17, 15) is 14.4 Å². The molecule has 4 rings (SSSR count). The van der Waals surface area contributed by atoms with Gasteiger partial charge in [0.25, 0.3) is 0 Å². The number of hydrogen-bond acceptors (Lipinski definition) is 6. The number of amides is 1. The first-order valence-corrected chi connectivity index (χ1v) is 17.4. The normalized spacial score (nSPS) is 18.9. The zero-order chi connectivity index (χ0) is 30.2. The average molecular weight is 596 g/mol. The van der Waals surface area contributed by atoms with Gasteiger partial charge in [-0.3, -0.25) is 14.4 Å². The molecular formula is C35H53N3O3S. The van der Waals surface area contributed by atoms with E-state index in [-0.39, 0.29) is 30.1 Å². The molecule has 232 valence electrons. The first kappa shape index (κ1) is 32.8. The van der Waals surface area contributed by atoms with Crippen molar-refractivity contribution in [2.24, 2.45) is 17.8 Å². The van der Waals surface area contributed by atoms with Gasteiger partial charge in [0.2, 0.25) is 5.91 Å². The van der Waals surface area contributed by atoms with Crippen molar-refractivity contribution in [1.29, 1.82) is 0 Å². The number of fused-ring (bicyclic) bond motifs is 1. The van der Waals surface area contributed by atoms with Gasteiger partial charge in [-0.1, -0.05) is 46.1 Å². The zero-order valence-electron chi connectivity index (χ0n) is 26.6. The number of Topliss-reactive ketones (excluding diaryl/α,β-unsaturated/α-hetero) is 2. The summed E-state index contributed by atoms with van der Waals surface area (Å²) in [5, 5.41) is 4.31. The summed E-state index contributed by atoms with van der Waals surface area (Å²) in [6, 6.07) is 6.92. The van der Waals surface area contributed by atoms with Crippen molar-refractivity contribution in [2.45, 2.75) is 130 Å². The molecule has 0 radical (unpaired) electrons. The fourth-order valence-electron chi connectivity index (χ4n) is 6.83. The van der Waals surface area contributed by atoms with Gasteiger partial charge in [-0.2, -0.15) is 0 Å². The van der Waals surface area contributed by atoms with Crippen LogP contribution in [0.3, 0.4) is 0 Å². The highest BCUT2D eigenvalue weighted by Crippen LogP contribution is 2.31. The second-order valence-corrected chi connectivity index (χ2v) is 14.5. The number of likely N-dealkylation sites (tertiary alicyclic amines) is 1. The Morgan fingerprint density at radius 2 is 1.74 bits per heavy atom. The van der Waals surface area contributed by atoms with Gasteiger partial charge in [0.15, 0.2) is 0 Å². The SMILES string of the molecule is CCC(=O)C[C@@H](Cc1nc2ccc(C(C)C)cc2s1)C(=O)N[C@H](CCC(=O)C1CCN(C(C)C)CC1)C1CCCCC1. The minimum Gasteiger partial charge on any atom is -0.353 e. The molecule has 1 aliphatic carbocycles. The summed E-state index contributed by atoms with van der Waals surface area (Å²) >= 11 is 1.64. The molecule has 2 aromatic rings. The van der Waals surface area contributed by atoms with Crippen LogP contribution < -0.4 is 5.32 Å². The van der Waals surface area contributed by atoms with E-state index in [1.807, 2.05) is 6.92 Å². The Kier molecular flexibility index (Phi) is 12.1. The highest BCUT2D eigenvalue weighted by Gasteiger charge is 2.32. The van der Waals surface area contributed by atoms with Gasteiger partial charge >= 0.3 is 0 Å². The van der Waals surface area contributed by atoms with Crippen LogP contribution in [0, 0.1) is 17.8 Å². The molecule has 1 aromatic carbocycles. The van der Waals surface area contributed by atoms with E-state index in [1.165, 1.54) is 24.8 Å². The summed E-state index contributed by atoms with van der Waals surface area (Å²) in [5.41, 5.74) is 2.24. The van der Waals surface area contributed by atoms with Crippen LogP contribution in [0.4, 0.5) is 0 Å². The highest BCUT2D eigenvalue weighted by atomic mass is 32.1. The molecule has 2 fully saturated rings. The Hall–Kier alpha value is -2.12. The van der Waals surface area contributed by atoms with Gasteiger partial charge in [0, 0.05) is 43.7 Å². The zero-order valence-corrected chi connectivity index (χ0v) is 27.4. The number of hydrogen-bond donors (Lipinski definition) is 1. The molecule has 7 heteroatoms. The van der Waals surface area contributed by atoms with Crippen LogP contribution in [0.1, 0.15) is 122 Å². The Balaban J connectivity index is 1.44. The number of piperidine rings is 1. The number of carbonyl (C=O) groups is 3. The molecule has 0 unspecified atom stereocenters. The maximum atomic E-state index is 13.9. The molecule has 2 atom stereocenters. The molecule has 1 saturated heterocycles. The van der Waals surface area contributed by atoms with Gasteiger partial charge in [-0.05, 0) is 88.6 Å². The van der Waals surface area contributed by atoms with Crippen LogP contribution in [0.25, 0.3) is 10.2 Å². The van der Waals surface area contributed by atoms with Crippen molar-refractivity contribution < 1.29 is 14.4 Å². The third kappa shape index (κ3) is 8.95. The molecule has 0 spiro atoms. The van der Waals surface area contributed by atoms with Crippen molar-refractivity contribution in [1.82, 2.24) is 15.2 Å². The quantitative estimate of drug-likeness (QED) is 0.245. The number of nitrogens with zero attached hydrogens (tertiary/aromatic N) is 2. The maximum absolute atomic E-state index is 13.9. The van der Waals surface area contributed by atoms with Crippen molar-refractivity contribution in [2.75, 3.05) is 13.1 Å². The largest absolute Gasteiger partial charge is 0.353 e. The van der Waals surface area contributed by atoms with Crippen LogP contribution in [-0.2, 0) is 20.8 Å². The predicted molar refractivity (Wildman–Crippen MR) is 173 cm³/mol. The van der Waals surface area contributed by atoms with E-state index in [0.717, 1.165) is 54.0 Å². The summed E-state index contributed by atoms with van der Waals surface area (Å²) in [6.07, 6.45) is 10.1. The van der Waals surface area contributed by atoms with Crippen molar-refractivity contribution in [3.05, 3.63) is 28.8 Å². The number of carbonyl (C=O) groups excluding carboxylic acids is 3. The molecule has 1 saturated carbocycles. The second-order valence-electron chi connectivity index (χ2n) is 13.4. The number of nitrogens with one attached hydrogen (secondary N) is 1. The standard InChI is InChI=1S/C35H53N3O3S/c1-6-29(39)20-28(22-34-36-31-13-12-27(23(2)3)21-33(31)42-34)35(41)37-30(25-10-8-7-9-11-25)14-15-32(40)26-16-18-38(19-17-26)24(4)5/h12-13,21,23-26,28,30H,6-11,14-20,22H2,1-5H3,(H,37,41)/t28-,30+/m0/s1. The van der Waals surface area contributed by atoms with E-state index in [0.29, 0.717) is 49.3 Å². The number of benzene rings is 1. The number of thiazole rings is 1. The van der Waals surface area contributed by atoms with E-state index >= 15 is 0 Å². The van der Waals surface area contributed by atoms with Crippen LogP contribution in [0.15, 0.2) is 18.2 Å². The first-order valence-electron chi connectivity index (χ1n) is 16.6. The van der Waals surface area contributed by atoms with Crippen LogP contribution in [0.5, 0.6) is 0 Å². The summed E-state index contributed by atoms with van der Waals surface area (Å²) in [5.74, 6) is 0.969. The van der Waals surface area contributed by atoms with Crippen LogP contribution >= 0.6 is 11.3 Å². The van der Waals surface area contributed by atoms with Gasteiger partial charge in [-0.15, -0.1) is 11.3 Å². The molecule has 1 amide bonds. The minimum absolute atomic E-state index is 0.0132. The summed E-state index contributed by atoms with van der Waals surface area (Å²) in [6.45, 7) is 12.7. The number of rotatable bonds is 14. The fraction of sp³-hybridized carbons (Fsp3) is 0.714. The smallest absolute Gasteiger partial charge is 0.224 e. The fourth-order valence-corrected chi connectivity index (χ4v) is 7.92. The second kappa shape index (κ2) is 15.6. The number of ketones is 2. The van der Waals surface area contributed by atoms with Crippen molar-refractivity contribution >= 4 is 39.0 Å². The molecule has 0 bridgehead atoms. The lowest BCUT2D eigenvalue weighted by Crippen LogP contribution is -2.45. The molecule has 6 nitrogen and oxygen atoms in total. The average Bonchev–Trinajstić information content (AvgIpc) is 3.40. The van der Waals surface area contributed by atoms with Gasteiger partial charge < -0.3 is 10.2 Å². The summed E-state index contributed by atoms with van der Waals surface area (Å²) in [4.78, 5) is 47.1. The Morgan fingerprint density at radius 3 is 2.38 bits per heavy atom. The predicted octanol–water partition coefficient (Wildman–Crippen LogP) is 7.48. The third-order valence-corrected chi connectivity index (χ3v) is 10.8. The van der Waals surface area contributed by atoms with E-state index in [1.54, 1.807) is 11.3 Å². The Morgan fingerprint density at radius 1 is 1.02 bits per heavy atom. The van der Waals surface area contributed by atoms with Crippen molar-refractivity contribution in [3.63, 3.8) is 0 Å². The molecule has 2 heterocycles. The summed E-state index contributed by atoms with van der Waals surface area (Å²) in [7, 11) is 0. The Bertz CT molecular complexity index is 1190. The van der Waals surface area contributed by atoms with Gasteiger partial charge in [-0.25, -0.2) is 4.98 Å². The van der Waals surface area contributed by atoms with Crippen molar-refractivity contribution in [3.8, 4) is 0 Å². The topological polar surface area (TPSA) is 79.4 Å². The molecule has 1 aliphatic heterocycles. The maximum Gasteiger partial charge on any atom is 0.224 e.